The van der Waals surface area contributed by atoms with Gasteiger partial charge < -0.3 is 15.4 Å². The van der Waals surface area contributed by atoms with Gasteiger partial charge in [0.2, 0.25) is 0 Å². The normalized spacial score (nSPS) is 10.8. The highest BCUT2D eigenvalue weighted by Gasteiger charge is 2.25. The van der Waals surface area contributed by atoms with E-state index in [0.29, 0.717) is 31.7 Å². The second-order valence-electron chi connectivity index (χ2n) is 8.46. The van der Waals surface area contributed by atoms with Crippen molar-refractivity contribution >= 4 is 17.4 Å². The summed E-state index contributed by atoms with van der Waals surface area (Å²) in [6.07, 6.45) is 4.15. The van der Waals surface area contributed by atoms with Gasteiger partial charge in [-0.3, -0.25) is 19.1 Å². The van der Waals surface area contributed by atoms with E-state index in [1.165, 1.54) is 9.47 Å². The summed E-state index contributed by atoms with van der Waals surface area (Å²) in [6, 6.07) is 16.6. The Morgan fingerprint density at radius 3 is 2.31 bits per heavy atom. The first kappa shape index (κ1) is 25.8. The Morgan fingerprint density at radius 1 is 0.971 bits per heavy atom. The van der Waals surface area contributed by atoms with Crippen LogP contribution in [0.1, 0.15) is 61.9 Å². The summed E-state index contributed by atoms with van der Waals surface area (Å²) in [4.78, 5) is 42.5. The van der Waals surface area contributed by atoms with Gasteiger partial charge in [0.15, 0.2) is 5.69 Å². The van der Waals surface area contributed by atoms with Gasteiger partial charge in [0.1, 0.15) is 18.2 Å². The SMILES string of the molecule is CCCCCN(C(=O)c1ccc(COc2ccccc2)cc1)c1c(N)n(CCCC)c(=O)[nH]c1=O. The van der Waals surface area contributed by atoms with Crippen molar-refractivity contribution in [1.29, 1.82) is 0 Å². The Balaban J connectivity index is 1.88. The standard InChI is InChI=1S/C27H34N4O4/c1-3-5-10-18-30(23-24(28)31(17-6-4-2)27(34)29-25(23)32)26(33)21-15-13-20(14-16-21)19-35-22-11-8-7-9-12-22/h7-9,11-16H,3-6,10,17-19,28H2,1-2H3,(H,29,32,34). The molecule has 0 aliphatic heterocycles. The van der Waals surface area contributed by atoms with Gasteiger partial charge in [0.25, 0.3) is 11.5 Å². The van der Waals surface area contributed by atoms with Crippen LogP contribution in [0.25, 0.3) is 0 Å². The lowest BCUT2D eigenvalue weighted by Gasteiger charge is -2.25. The van der Waals surface area contributed by atoms with E-state index < -0.39 is 11.2 Å². The number of nitrogens with two attached hydrogens (primary N) is 1. The number of anilines is 2. The van der Waals surface area contributed by atoms with Gasteiger partial charge in [-0.15, -0.1) is 0 Å². The Kier molecular flexibility index (Phi) is 9.29. The lowest BCUT2D eigenvalue weighted by Crippen LogP contribution is -2.41. The van der Waals surface area contributed by atoms with Gasteiger partial charge in [0.05, 0.1) is 0 Å². The molecule has 0 saturated heterocycles. The average molecular weight is 479 g/mol. The third kappa shape index (κ3) is 6.62. The summed E-state index contributed by atoms with van der Waals surface area (Å²) >= 11 is 0. The zero-order valence-electron chi connectivity index (χ0n) is 20.5. The third-order valence-electron chi connectivity index (χ3n) is 5.80. The van der Waals surface area contributed by atoms with Crippen LogP contribution < -0.4 is 26.6 Å². The Hall–Kier alpha value is -3.81. The number of nitrogens with one attached hydrogen (secondary N) is 1. The van der Waals surface area contributed by atoms with Crippen molar-refractivity contribution in [2.45, 2.75) is 59.1 Å². The van der Waals surface area contributed by atoms with Crippen molar-refractivity contribution in [1.82, 2.24) is 9.55 Å². The van der Waals surface area contributed by atoms with Gasteiger partial charge in [-0.1, -0.05) is 63.4 Å². The van der Waals surface area contributed by atoms with E-state index in [-0.39, 0.29) is 17.4 Å². The molecular weight excluding hydrogens is 444 g/mol. The molecule has 8 heteroatoms. The first-order valence-corrected chi connectivity index (χ1v) is 12.2. The largest absolute Gasteiger partial charge is 0.489 e. The van der Waals surface area contributed by atoms with E-state index in [9.17, 15) is 14.4 Å². The molecule has 8 nitrogen and oxygen atoms in total. The number of amides is 1. The fourth-order valence-corrected chi connectivity index (χ4v) is 3.79. The van der Waals surface area contributed by atoms with Crippen LogP contribution in [0.15, 0.2) is 64.2 Å². The molecule has 35 heavy (non-hydrogen) atoms. The number of carbonyl (C=O) groups excluding carboxylic acids is 1. The molecule has 3 aromatic rings. The molecule has 0 aliphatic carbocycles. The minimum atomic E-state index is -0.655. The van der Waals surface area contributed by atoms with Crippen molar-refractivity contribution in [3.05, 3.63) is 86.6 Å². The number of benzene rings is 2. The number of para-hydroxylation sites is 1. The van der Waals surface area contributed by atoms with Gasteiger partial charge >= 0.3 is 5.69 Å². The quantitative estimate of drug-likeness (QED) is 0.376. The lowest BCUT2D eigenvalue weighted by molar-refractivity contribution is 0.0986. The third-order valence-corrected chi connectivity index (χ3v) is 5.80. The summed E-state index contributed by atoms with van der Waals surface area (Å²) in [5.74, 6) is 0.446. The van der Waals surface area contributed by atoms with Crippen LogP contribution in [0.2, 0.25) is 0 Å². The number of H-pyrrole nitrogens is 1. The molecule has 0 saturated carbocycles. The second-order valence-corrected chi connectivity index (χ2v) is 8.46. The van der Waals surface area contributed by atoms with Crippen molar-refractivity contribution < 1.29 is 9.53 Å². The molecule has 1 amide bonds. The maximum atomic E-state index is 13.5. The number of aromatic amines is 1. The molecule has 0 aliphatic rings. The number of nitrogen functional groups attached to an aromatic ring is 1. The van der Waals surface area contributed by atoms with Gasteiger partial charge in [0, 0.05) is 18.7 Å². The highest BCUT2D eigenvalue weighted by Crippen LogP contribution is 2.21. The first-order chi connectivity index (χ1) is 17.0. The van der Waals surface area contributed by atoms with Crippen LogP contribution in [0.5, 0.6) is 5.75 Å². The van der Waals surface area contributed by atoms with Crippen LogP contribution in [-0.2, 0) is 13.2 Å². The number of hydrogen-bond donors (Lipinski definition) is 2. The summed E-state index contributed by atoms with van der Waals surface area (Å²) < 4.78 is 7.11. The summed E-state index contributed by atoms with van der Waals surface area (Å²) in [5, 5.41) is 0. The van der Waals surface area contributed by atoms with Crippen LogP contribution in [0.4, 0.5) is 11.5 Å². The number of nitrogens with zero attached hydrogens (tertiary/aromatic N) is 2. The van der Waals surface area contributed by atoms with Crippen LogP contribution in [-0.4, -0.2) is 22.0 Å². The molecule has 1 aromatic heterocycles. The first-order valence-electron chi connectivity index (χ1n) is 12.2. The maximum absolute atomic E-state index is 13.5. The number of unbranched alkanes of at least 4 members (excludes halogenated alkanes) is 3. The monoisotopic (exact) mass is 478 g/mol. The van der Waals surface area contributed by atoms with Crippen LogP contribution in [0, 0.1) is 0 Å². The van der Waals surface area contributed by atoms with Crippen molar-refractivity contribution in [2.75, 3.05) is 17.2 Å². The van der Waals surface area contributed by atoms with E-state index in [1.807, 2.05) is 49.4 Å². The fraction of sp³-hybridized carbons (Fsp3) is 0.370. The minimum absolute atomic E-state index is 0.0185. The summed E-state index contributed by atoms with van der Waals surface area (Å²) in [5.41, 5.74) is 6.44. The fourth-order valence-electron chi connectivity index (χ4n) is 3.79. The molecule has 186 valence electrons. The zero-order chi connectivity index (χ0) is 25.2. The van der Waals surface area contributed by atoms with Gasteiger partial charge in [-0.05, 0) is 42.7 Å². The maximum Gasteiger partial charge on any atom is 0.330 e. The number of rotatable bonds is 12. The highest BCUT2D eigenvalue weighted by atomic mass is 16.5. The minimum Gasteiger partial charge on any atom is -0.489 e. The molecule has 0 bridgehead atoms. The molecule has 3 rings (SSSR count). The van der Waals surface area contributed by atoms with Crippen molar-refractivity contribution in [2.24, 2.45) is 0 Å². The Labute approximate surface area is 205 Å². The van der Waals surface area contributed by atoms with E-state index in [2.05, 4.69) is 11.9 Å². The zero-order valence-corrected chi connectivity index (χ0v) is 20.5. The number of aromatic nitrogens is 2. The molecule has 1 heterocycles. The number of ether oxygens (including phenoxy) is 1. The number of carbonyl (C=O) groups is 1. The van der Waals surface area contributed by atoms with E-state index in [4.69, 9.17) is 10.5 Å². The molecule has 3 N–H and O–H groups in total. The van der Waals surface area contributed by atoms with Crippen LogP contribution >= 0.6 is 0 Å². The molecular formula is C27H34N4O4. The van der Waals surface area contributed by atoms with Gasteiger partial charge in [-0.25, -0.2) is 4.79 Å². The molecule has 0 atom stereocenters. The van der Waals surface area contributed by atoms with E-state index in [1.54, 1.807) is 12.1 Å². The van der Waals surface area contributed by atoms with Crippen LogP contribution in [0.3, 0.4) is 0 Å². The second kappa shape index (κ2) is 12.6. The molecule has 0 radical (unpaired) electrons. The molecule has 0 fully saturated rings. The smallest absolute Gasteiger partial charge is 0.330 e. The Bertz CT molecular complexity index is 1220. The summed E-state index contributed by atoms with van der Waals surface area (Å²) in [7, 11) is 0. The van der Waals surface area contributed by atoms with Crippen molar-refractivity contribution in [3.63, 3.8) is 0 Å². The summed E-state index contributed by atoms with van der Waals surface area (Å²) in [6.45, 7) is 5.13. The number of hydrogen-bond acceptors (Lipinski definition) is 5. The van der Waals surface area contributed by atoms with Gasteiger partial charge in [-0.2, -0.15) is 0 Å². The average Bonchev–Trinajstić information content (AvgIpc) is 2.87. The Morgan fingerprint density at radius 2 is 1.66 bits per heavy atom. The lowest BCUT2D eigenvalue weighted by atomic mass is 10.1. The van der Waals surface area contributed by atoms with Crippen molar-refractivity contribution in [3.8, 4) is 5.75 Å². The molecule has 0 spiro atoms. The highest BCUT2D eigenvalue weighted by molar-refractivity contribution is 6.07. The topological polar surface area (TPSA) is 110 Å². The predicted molar refractivity (Wildman–Crippen MR) is 139 cm³/mol. The predicted octanol–water partition coefficient (Wildman–Crippen LogP) is 4.33. The molecule has 0 unspecified atom stereocenters. The molecule has 2 aromatic carbocycles. The van der Waals surface area contributed by atoms with E-state index >= 15 is 0 Å². The van der Waals surface area contributed by atoms with E-state index in [0.717, 1.165) is 37.0 Å².